The molecule has 0 saturated carbocycles. The van der Waals surface area contributed by atoms with Crippen LogP contribution in [-0.4, -0.2) is 22.6 Å². The summed E-state index contributed by atoms with van der Waals surface area (Å²) in [7, 11) is 1.19. The Hall–Kier alpha value is 0.437. The van der Waals surface area contributed by atoms with Gasteiger partial charge in [0.1, 0.15) is 0 Å². The van der Waals surface area contributed by atoms with Crippen LogP contribution in [0.2, 0.25) is 0 Å². The van der Waals surface area contributed by atoms with Crippen molar-refractivity contribution in [3.63, 3.8) is 0 Å². The van der Waals surface area contributed by atoms with E-state index < -0.39 is 0 Å². The minimum atomic E-state index is 0. The molecule has 2 N–H and O–H groups in total. The van der Waals surface area contributed by atoms with Crippen LogP contribution in [0.15, 0.2) is 0 Å². The Balaban J connectivity index is 0. The van der Waals surface area contributed by atoms with Gasteiger partial charge in [0.2, 0.25) is 0 Å². The summed E-state index contributed by atoms with van der Waals surface area (Å²) in [6.07, 6.45) is 0. The fraction of sp³-hybridized carbons (Fsp3) is 1.00. The van der Waals surface area contributed by atoms with Crippen LogP contribution in [0.3, 0.4) is 0 Å². The zero-order valence-electron chi connectivity index (χ0n) is 3.79. The summed E-state index contributed by atoms with van der Waals surface area (Å²) >= 11 is 0. The van der Waals surface area contributed by atoms with E-state index in [9.17, 15) is 0 Å². The largest absolute Gasteiger partial charge is 1.00 e. The van der Waals surface area contributed by atoms with Gasteiger partial charge in [-0.2, -0.15) is 0 Å². The molecule has 0 aliphatic carbocycles. The average Bonchev–Trinajstić information content (AvgIpc) is 1.38. The van der Waals surface area contributed by atoms with Gasteiger partial charge in [-0.25, -0.2) is 0 Å². The van der Waals surface area contributed by atoms with Crippen LogP contribution in [-0.2, 0) is 0 Å². The molecule has 0 aromatic heterocycles. The average molecular weight is 84.0 g/mol. The van der Waals surface area contributed by atoms with Crippen molar-refractivity contribution in [2.45, 2.75) is 0 Å². The van der Waals surface area contributed by atoms with Crippen molar-refractivity contribution in [2.24, 2.45) is 0 Å². The van der Waals surface area contributed by atoms with Gasteiger partial charge in [0.05, 0.1) is 0 Å². The van der Waals surface area contributed by atoms with Crippen LogP contribution in [0.4, 0.5) is 0 Å². The molecule has 4 nitrogen and oxygen atoms in total. The molecule has 6 heavy (non-hydrogen) atoms. The van der Waals surface area contributed by atoms with E-state index in [1.165, 1.54) is 7.05 Å². The molecule has 0 aromatic rings. The summed E-state index contributed by atoms with van der Waals surface area (Å²) in [5.74, 6) is 0. The second-order valence-electron chi connectivity index (χ2n) is 0.579. The Labute approximate surface area is 47.8 Å². The fourth-order valence-corrected chi connectivity index (χ4v) is 0. The first-order valence-electron chi connectivity index (χ1n) is 1.05. The third-order valence-corrected chi connectivity index (χ3v) is 0.129. The van der Waals surface area contributed by atoms with Gasteiger partial charge >= 0.3 is 18.9 Å². The van der Waals surface area contributed by atoms with Crippen LogP contribution in [0, 0.1) is 0 Å². The molecule has 0 saturated heterocycles. The smallest absolute Gasteiger partial charge is 0.486 e. The van der Waals surface area contributed by atoms with Crippen LogP contribution in [0.25, 0.3) is 5.59 Å². The molecule has 0 aliphatic heterocycles. The zero-order valence-corrected chi connectivity index (χ0v) is 3.79. The summed E-state index contributed by atoms with van der Waals surface area (Å²) in [5.41, 5.74) is 2.28. The Kier molecular flexibility index (Phi) is 8.76. The molecule has 0 fully saturated rings. The summed E-state index contributed by atoms with van der Waals surface area (Å²) in [5, 5.41) is 15.5. The Morgan fingerprint density at radius 3 is 1.83 bits per heavy atom. The summed E-state index contributed by atoms with van der Waals surface area (Å²) < 4.78 is 0. The topological polar surface area (TPSA) is 57.8 Å². The molecule has 32 valence electrons. The van der Waals surface area contributed by atoms with Crippen LogP contribution in [0.5, 0.6) is 0 Å². The zero-order chi connectivity index (χ0) is 4.28. The number of hydroxylamine groups is 1. The monoisotopic (exact) mass is 84.1 g/mol. The SMILES string of the molecule is CN(O)[N-]O.[Li+]. The van der Waals surface area contributed by atoms with Gasteiger partial charge in [-0.05, 0) is 7.05 Å². The molecular formula is CH5LiN2O2. The van der Waals surface area contributed by atoms with E-state index in [4.69, 9.17) is 10.4 Å². The molecule has 0 unspecified atom stereocenters. The molecule has 0 radical (unpaired) electrons. The van der Waals surface area contributed by atoms with E-state index in [-0.39, 0.29) is 18.9 Å². The molecule has 0 aromatic carbocycles. The van der Waals surface area contributed by atoms with Crippen molar-refractivity contribution in [2.75, 3.05) is 7.05 Å². The second-order valence-corrected chi connectivity index (χ2v) is 0.579. The molecule has 5 heteroatoms. The van der Waals surface area contributed by atoms with Crippen LogP contribution in [0.1, 0.15) is 0 Å². The van der Waals surface area contributed by atoms with Crippen molar-refractivity contribution in [1.82, 2.24) is 5.17 Å². The Bertz CT molecular complexity index is 25.5. The van der Waals surface area contributed by atoms with Crippen molar-refractivity contribution in [1.29, 1.82) is 0 Å². The third-order valence-electron chi connectivity index (χ3n) is 0.129. The molecule has 0 aliphatic rings. The van der Waals surface area contributed by atoms with Gasteiger partial charge in [0.15, 0.2) is 0 Å². The molecule has 0 atom stereocenters. The molecular weight excluding hydrogens is 79.0 g/mol. The number of nitrogens with zero attached hydrogens (tertiary/aromatic N) is 2. The minimum absolute atomic E-state index is 0. The maximum absolute atomic E-state index is 7.78. The molecule has 0 bridgehead atoms. The van der Waals surface area contributed by atoms with Gasteiger partial charge in [-0.1, -0.05) is 0 Å². The molecule has 0 heterocycles. The first kappa shape index (κ1) is 9.67. The van der Waals surface area contributed by atoms with Crippen molar-refractivity contribution in [3.8, 4) is 0 Å². The summed E-state index contributed by atoms with van der Waals surface area (Å²) in [6.45, 7) is 0. The third kappa shape index (κ3) is 8.83. The van der Waals surface area contributed by atoms with E-state index in [1.807, 2.05) is 0 Å². The first-order chi connectivity index (χ1) is 2.27. The van der Waals surface area contributed by atoms with E-state index in [0.29, 0.717) is 5.17 Å². The van der Waals surface area contributed by atoms with Crippen molar-refractivity contribution in [3.05, 3.63) is 5.59 Å². The minimum Gasteiger partial charge on any atom is -0.486 e. The van der Waals surface area contributed by atoms with Crippen LogP contribution >= 0.6 is 0 Å². The molecule has 0 spiro atoms. The van der Waals surface area contributed by atoms with E-state index in [0.717, 1.165) is 0 Å². The Morgan fingerprint density at radius 2 is 1.83 bits per heavy atom. The quantitative estimate of drug-likeness (QED) is 0.263. The normalized spacial score (nSPS) is 8.00. The predicted octanol–water partition coefficient (Wildman–Crippen LogP) is -3.01. The van der Waals surface area contributed by atoms with E-state index in [1.54, 1.807) is 0 Å². The van der Waals surface area contributed by atoms with Gasteiger partial charge in [0, 0.05) is 0 Å². The number of hydrogen-bond acceptors (Lipinski definition) is 3. The number of rotatable bonds is 1. The molecule has 0 rings (SSSR count). The van der Waals surface area contributed by atoms with Crippen LogP contribution < -0.4 is 18.9 Å². The maximum Gasteiger partial charge on any atom is 1.00 e. The van der Waals surface area contributed by atoms with E-state index in [2.05, 4.69) is 5.59 Å². The van der Waals surface area contributed by atoms with Gasteiger partial charge in [-0.15, -0.1) is 0 Å². The molecule has 0 amide bonds. The Morgan fingerprint density at radius 1 is 1.67 bits per heavy atom. The van der Waals surface area contributed by atoms with Gasteiger partial charge < -0.3 is 16.0 Å². The second kappa shape index (κ2) is 5.44. The summed E-state index contributed by atoms with van der Waals surface area (Å²) in [6, 6.07) is 0. The van der Waals surface area contributed by atoms with E-state index >= 15 is 0 Å². The summed E-state index contributed by atoms with van der Waals surface area (Å²) in [4.78, 5) is 0. The maximum atomic E-state index is 7.78. The number of hydrogen-bond donors (Lipinski definition) is 2. The fourth-order valence-electron chi connectivity index (χ4n) is 0. The predicted molar refractivity (Wildman–Crippen MR) is 14.7 cm³/mol. The first-order valence-corrected chi connectivity index (χ1v) is 1.05. The van der Waals surface area contributed by atoms with Gasteiger partial charge in [0.25, 0.3) is 0 Å². The van der Waals surface area contributed by atoms with Gasteiger partial charge in [-0.3, -0.25) is 5.17 Å². The van der Waals surface area contributed by atoms with Crippen molar-refractivity contribution < 1.29 is 29.3 Å². The van der Waals surface area contributed by atoms with Crippen molar-refractivity contribution >= 4 is 0 Å². The standard InChI is InChI=1S/CH5N2O2.Li/c1-3(5)2-4;/h4-5H,1H3;/q-1;+1.